The van der Waals surface area contributed by atoms with Crippen molar-refractivity contribution in [3.63, 3.8) is 0 Å². The molecule has 6 saturated heterocycles. The minimum atomic E-state index is -1.31. The summed E-state index contributed by atoms with van der Waals surface area (Å²) < 4.78 is -2.62. The zero-order chi connectivity index (χ0) is 50.4. The molecule has 368 valence electrons. The highest BCUT2D eigenvalue weighted by atomic mass is 32.2. The minimum Gasteiger partial charge on any atom is -0.480 e. The number of benzene rings is 3. The third kappa shape index (κ3) is 8.24. The summed E-state index contributed by atoms with van der Waals surface area (Å²) in [5.41, 5.74) is 7.59. The fourth-order valence-corrected chi connectivity index (χ4v) is 15.2. The van der Waals surface area contributed by atoms with Crippen molar-refractivity contribution >= 4 is 88.5 Å². The highest BCUT2D eigenvalue weighted by molar-refractivity contribution is 8.02. The van der Waals surface area contributed by atoms with E-state index in [0.29, 0.717) is 16.7 Å². The Bertz CT molecular complexity index is 2680. The van der Waals surface area contributed by atoms with E-state index in [1.54, 1.807) is 133 Å². The lowest BCUT2D eigenvalue weighted by atomic mass is 9.93. The zero-order valence-electron chi connectivity index (χ0n) is 38.9. The van der Waals surface area contributed by atoms with Crippen molar-refractivity contribution in [3.8, 4) is 0 Å². The summed E-state index contributed by atoms with van der Waals surface area (Å²) in [6.45, 7) is 10.6. The number of aliphatic carboxylic acids is 1. The molecule has 0 bridgehead atoms. The summed E-state index contributed by atoms with van der Waals surface area (Å²) in [7, 11) is 0. The van der Waals surface area contributed by atoms with E-state index in [4.69, 9.17) is 5.73 Å². The monoisotopic (exact) mass is 1010 g/mol. The topological polar surface area (TPSA) is 270 Å². The molecule has 3 aromatic carbocycles. The maximum Gasteiger partial charge on any atom is 0.327 e. The van der Waals surface area contributed by atoms with Gasteiger partial charge in [-0.3, -0.25) is 38.4 Å². The van der Waals surface area contributed by atoms with Gasteiger partial charge in [0.25, 0.3) is 0 Å². The summed E-state index contributed by atoms with van der Waals surface area (Å²) in [6, 6.07) is 15.6. The Morgan fingerprint density at radius 1 is 0.500 bits per heavy atom. The number of thioether (sulfide) groups is 3. The summed E-state index contributed by atoms with van der Waals surface area (Å²) >= 11 is 3.90. The van der Waals surface area contributed by atoms with Gasteiger partial charge in [-0.1, -0.05) is 91.0 Å². The number of carboxylic acid groups (broad SMARTS) is 1. The second-order valence-electron chi connectivity index (χ2n) is 19.7. The lowest BCUT2D eigenvalue weighted by Gasteiger charge is -2.45. The number of nitrogens with two attached hydrogens (primary N) is 1. The quantitative estimate of drug-likeness (QED) is 0.112. The number of amides is 8. The van der Waals surface area contributed by atoms with E-state index in [1.165, 1.54) is 50.0 Å². The first-order valence-electron chi connectivity index (χ1n) is 22.7. The number of rotatable bonds is 14. The maximum atomic E-state index is 14.4. The van der Waals surface area contributed by atoms with E-state index in [9.17, 15) is 48.3 Å². The van der Waals surface area contributed by atoms with Crippen LogP contribution in [-0.4, -0.2) is 140 Å². The van der Waals surface area contributed by atoms with Crippen LogP contribution < -0.4 is 32.3 Å². The molecule has 8 amide bonds. The Morgan fingerprint density at radius 2 is 0.800 bits per heavy atom. The summed E-state index contributed by atoms with van der Waals surface area (Å²) in [5.74, 6) is -5.95. The predicted octanol–water partition coefficient (Wildman–Crippen LogP) is 1.13. The van der Waals surface area contributed by atoms with E-state index >= 15 is 0 Å². The molecule has 6 fully saturated rings. The molecule has 70 heavy (non-hydrogen) atoms. The van der Waals surface area contributed by atoms with E-state index in [0.717, 1.165) is 0 Å². The molecule has 8 N–H and O–H groups in total. The molecule has 6 heterocycles. The number of carboxylic acids is 1. The molecule has 0 unspecified atom stereocenters. The van der Waals surface area contributed by atoms with Gasteiger partial charge >= 0.3 is 5.97 Å². The summed E-state index contributed by atoms with van der Waals surface area (Å²) in [5, 5.41) is 21.9. The van der Waals surface area contributed by atoms with Crippen LogP contribution >= 0.6 is 35.3 Å². The molecule has 0 aromatic heterocycles. The summed E-state index contributed by atoms with van der Waals surface area (Å²) in [4.78, 5) is 128. The summed E-state index contributed by atoms with van der Waals surface area (Å²) in [6.07, 6.45) is 0. The van der Waals surface area contributed by atoms with Crippen LogP contribution in [0.1, 0.15) is 76.4 Å². The highest BCUT2D eigenvalue weighted by Gasteiger charge is 2.67. The van der Waals surface area contributed by atoms with Crippen molar-refractivity contribution < 1.29 is 48.3 Å². The first kappa shape index (κ1) is 48.9. The van der Waals surface area contributed by atoms with Gasteiger partial charge in [0.1, 0.15) is 70.5 Å². The maximum absolute atomic E-state index is 14.4. The van der Waals surface area contributed by atoms with Gasteiger partial charge in [-0.15, -0.1) is 35.3 Å². The number of nitrogens with zero attached hydrogens (tertiary/aromatic N) is 3. The molecule has 6 aliphatic rings. The first-order valence-corrected chi connectivity index (χ1v) is 25.3. The van der Waals surface area contributed by atoms with Gasteiger partial charge in [0.05, 0.1) is 0 Å². The smallest absolute Gasteiger partial charge is 0.327 e. The average Bonchev–Trinajstić information content (AvgIpc) is 3.86. The molecule has 6 aliphatic heterocycles. The Labute approximate surface area is 415 Å². The fraction of sp³-hybridized carbons (Fsp3) is 0.438. The van der Waals surface area contributed by atoms with Crippen molar-refractivity contribution in [1.29, 1.82) is 0 Å². The van der Waals surface area contributed by atoms with Crippen LogP contribution in [0.2, 0.25) is 0 Å². The van der Waals surface area contributed by atoms with Gasteiger partial charge in [-0.2, -0.15) is 0 Å². The number of carbonyl (C=O) groups is 9. The number of hydrogen-bond acceptors (Lipinski definition) is 13. The molecule has 9 rings (SSSR count). The third-order valence-electron chi connectivity index (χ3n) is 13.8. The fourth-order valence-electron chi connectivity index (χ4n) is 10.3. The molecule has 0 saturated carbocycles. The van der Waals surface area contributed by atoms with Crippen LogP contribution in [0.3, 0.4) is 0 Å². The Hall–Kier alpha value is -6.10. The van der Waals surface area contributed by atoms with Crippen LogP contribution in [0.15, 0.2) is 91.0 Å². The van der Waals surface area contributed by atoms with Gasteiger partial charge in [-0.05, 0) is 58.2 Å². The van der Waals surface area contributed by atoms with Crippen LogP contribution in [0.4, 0.5) is 0 Å². The molecule has 22 heteroatoms. The molecule has 0 spiro atoms. The predicted molar refractivity (Wildman–Crippen MR) is 260 cm³/mol. The van der Waals surface area contributed by atoms with Crippen LogP contribution in [0.25, 0.3) is 0 Å². The number of β-lactam (4-membered cyclic amide) rings is 3. The third-order valence-corrected chi connectivity index (χ3v) is 18.5. The number of carbonyl (C=O) groups excluding carboxylic acids is 8. The Balaban J connectivity index is 0.871. The molecule has 0 radical (unpaired) electrons. The van der Waals surface area contributed by atoms with Gasteiger partial charge < -0.3 is 52.1 Å². The van der Waals surface area contributed by atoms with Gasteiger partial charge in [-0.25, -0.2) is 4.79 Å². The van der Waals surface area contributed by atoms with E-state index in [-0.39, 0.29) is 0 Å². The molecular formula is C48H53N9O10S3. The van der Waals surface area contributed by atoms with Crippen LogP contribution in [0, 0.1) is 0 Å². The molecule has 12 atom stereocenters. The van der Waals surface area contributed by atoms with E-state index in [1.807, 2.05) is 0 Å². The number of nitrogens with one attached hydrogen (secondary N) is 5. The van der Waals surface area contributed by atoms with E-state index in [2.05, 4.69) is 26.6 Å². The largest absolute Gasteiger partial charge is 0.480 e. The first-order chi connectivity index (χ1) is 33.0. The standard InChI is InChI=1S/C48H53N9O10S3/c1-46(2)31(55-39(63)28(42(55)68-46)52-34(58)25(49)22-16-10-7-11-17-22)37(61)50-26(23-18-12-8-13-19-23)35(59)53-29-40(64)56-32(47(3,4)69-43(29)56)38(62)51-27(24-20-14-9-15-21-24)36(60)54-30-41(65)57-33(45(66)67)48(5,6)70-44(30)57/h7-21,25-33,42-44H,49H2,1-6H3,(H,50,61)(H,51,62)(H,52,58)(H,53,59)(H,54,60)(H,66,67)/t25-,26-,27+,28+,29+,30-,31-,32-,33+,42+,43+,44-/m0/s1. The second-order valence-corrected chi connectivity index (χ2v) is 25.0. The highest BCUT2D eigenvalue weighted by Crippen LogP contribution is 2.53. The van der Waals surface area contributed by atoms with Crippen molar-refractivity contribution in [2.45, 2.75) is 126 Å². The lowest BCUT2D eigenvalue weighted by Crippen LogP contribution is -2.73. The average molecular weight is 1010 g/mol. The molecule has 3 aromatic rings. The van der Waals surface area contributed by atoms with E-state index < -0.39 is 138 Å². The Morgan fingerprint density at radius 3 is 1.14 bits per heavy atom. The van der Waals surface area contributed by atoms with Gasteiger partial charge in [0, 0.05) is 14.2 Å². The normalized spacial score (nSPS) is 29.6. The van der Waals surface area contributed by atoms with Crippen LogP contribution in [-0.2, 0) is 43.2 Å². The Kier molecular flexibility index (Phi) is 12.5. The lowest BCUT2D eigenvalue weighted by molar-refractivity contribution is -0.161. The van der Waals surface area contributed by atoms with Gasteiger partial charge in [0.15, 0.2) is 0 Å². The van der Waals surface area contributed by atoms with Crippen molar-refractivity contribution in [1.82, 2.24) is 41.3 Å². The second kappa shape index (κ2) is 17.9. The van der Waals surface area contributed by atoms with Crippen molar-refractivity contribution in [3.05, 3.63) is 108 Å². The van der Waals surface area contributed by atoms with Crippen LogP contribution in [0.5, 0.6) is 0 Å². The number of hydrogen-bond donors (Lipinski definition) is 7. The van der Waals surface area contributed by atoms with Crippen molar-refractivity contribution in [2.75, 3.05) is 0 Å². The minimum absolute atomic E-state index is 0.401. The van der Waals surface area contributed by atoms with Crippen molar-refractivity contribution in [2.24, 2.45) is 5.73 Å². The molecule has 0 aliphatic carbocycles. The zero-order valence-corrected chi connectivity index (χ0v) is 41.3. The van der Waals surface area contributed by atoms with Gasteiger partial charge in [0.2, 0.25) is 47.3 Å². The molecular weight excluding hydrogens is 959 g/mol. The SMILES string of the molecule is CC1(C)S[C@@H]2[C@H](NC(=O)[C@@H](N)c3ccccc3)C(=O)N2[C@H]1C(=O)N[C@H](C(=O)N[C@@H]1C(=O)N2[C@@H]1SC(C)(C)[C@@H]2C(=O)N[C@@H](C(=O)N[C@H]1C(=O)N2[C@H]1SC(C)(C)[C@H]2C(=O)O)c1ccccc1)c1ccccc1. The molecule has 19 nitrogen and oxygen atoms in total. The number of fused-ring (bicyclic) bond motifs is 3.